The predicted molar refractivity (Wildman–Crippen MR) is 142 cm³/mol. The van der Waals surface area contributed by atoms with Gasteiger partial charge in [-0.05, 0) is 82.3 Å². The topological polar surface area (TPSA) is 55.4 Å². The van der Waals surface area contributed by atoms with Gasteiger partial charge in [-0.15, -0.1) is 0 Å². The van der Waals surface area contributed by atoms with Crippen LogP contribution in [-0.2, 0) is 31.8 Å². The van der Waals surface area contributed by atoms with Crippen molar-refractivity contribution in [3.63, 3.8) is 0 Å². The summed E-state index contributed by atoms with van der Waals surface area (Å²) in [5, 5.41) is 0. The zero-order valence-electron chi connectivity index (χ0n) is 19.1. The first-order valence-electron chi connectivity index (χ1n) is 10.6. The fourth-order valence-electron chi connectivity index (χ4n) is 3.29. The number of ether oxygens (including phenoxy) is 6. The zero-order chi connectivity index (χ0) is 23.3. The second-order valence-electron chi connectivity index (χ2n) is 6.92. The van der Waals surface area contributed by atoms with Gasteiger partial charge in [0.2, 0.25) is 0 Å². The highest BCUT2D eigenvalue weighted by Crippen LogP contribution is 2.31. The van der Waals surface area contributed by atoms with Crippen molar-refractivity contribution in [2.24, 2.45) is 0 Å². The summed E-state index contributed by atoms with van der Waals surface area (Å²) in [7, 11) is 3.43. The van der Waals surface area contributed by atoms with E-state index in [-0.39, 0.29) is 25.8 Å². The number of halogens is 2. The molecule has 0 amide bonds. The highest BCUT2D eigenvalue weighted by Gasteiger charge is 2.25. The lowest BCUT2D eigenvalue weighted by atomic mass is 9.97. The van der Waals surface area contributed by atoms with Crippen LogP contribution >= 0.6 is 45.2 Å². The summed E-state index contributed by atoms with van der Waals surface area (Å²) in [4.78, 5) is 0. The van der Waals surface area contributed by atoms with E-state index in [9.17, 15) is 0 Å². The van der Waals surface area contributed by atoms with Crippen LogP contribution in [0.5, 0.6) is 11.5 Å². The first kappa shape index (κ1) is 27.6. The van der Waals surface area contributed by atoms with Crippen LogP contribution in [0, 0.1) is 7.14 Å². The second-order valence-corrected chi connectivity index (χ2v) is 9.25. The first-order valence-corrected chi connectivity index (χ1v) is 12.7. The Morgan fingerprint density at radius 2 is 1.09 bits per heavy atom. The summed E-state index contributed by atoms with van der Waals surface area (Å²) in [5.74, 6) is 1.65. The van der Waals surface area contributed by atoms with Crippen LogP contribution in [0.4, 0.5) is 0 Å². The van der Waals surface area contributed by atoms with E-state index in [0.717, 1.165) is 29.8 Å². The fraction of sp³-hybridized carbons (Fsp3) is 0.500. The van der Waals surface area contributed by atoms with Crippen molar-refractivity contribution < 1.29 is 28.4 Å². The molecule has 0 aromatic heterocycles. The number of hydrogen-bond acceptors (Lipinski definition) is 6. The normalized spacial score (nSPS) is 13.1. The molecule has 0 aliphatic heterocycles. The summed E-state index contributed by atoms with van der Waals surface area (Å²) in [6, 6.07) is 12.2. The molecule has 0 heterocycles. The minimum Gasteiger partial charge on any atom is -0.466 e. The predicted octanol–water partition coefficient (Wildman–Crippen LogP) is 5.46. The molecule has 2 rings (SSSR count). The van der Waals surface area contributed by atoms with Crippen LogP contribution in [-0.4, -0.2) is 53.2 Å². The Bertz CT molecular complexity index is 750. The third-order valence-corrected chi connectivity index (χ3v) is 6.64. The maximum Gasteiger partial charge on any atom is 0.189 e. The lowest BCUT2D eigenvalue weighted by Crippen LogP contribution is -2.34. The highest BCUT2D eigenvalue weighted by molar-refractivity contribution is 14.1. The largest absolute Gasteiger partial charge is 0.466 e. The smallest absolute Gasteiger partial charge is 0.189 e. The van der Waals surface area contributed by atoms with Crippen molar-refractivity contribution in [2.75, 3.05) is 41.0 Å². The molecule has 0 unspecified atom stereocenters. The molecular formula is C24H32I2O6. The molecule has 2 atom stereocenters. The van der Waals surface area contributed by atoms with Crippen LogP contribution in [0.2, 0.25) is 0 Å². The molecule has 2 aromatic carbocycles. The Hall–Kier alpha value is -0.660. The van der Waals surface area contributed by atoms with E-state index >= 15 is 0 Å². The molecule has 0 saturated heterocycles. The fourth-order valence-corrected chi connectivity index (χ4v) is 4.71. The Morgan fingerprint density at radius 1 is 0.688 bits per heavy atom. The van der Waals surface area contributed by atoms with Crippen LogP contribution < -0.4 is 9.47 Å². The molecule has 2 aromatic rings. The van der Waals surface area contributed by atoms with Gasteiger partial charge in [0.05, 0.1) is 19.3 Å². The van der Waals surface area contributed by atoms with Crippen LogP contribution in [0.1, 0.15) is 25.0 Å². The van der Waals surface area contributed by atoms with Crippen LogP contribution in [0.3, 0.4) is 0 Å². The lowest BCUT2D eigenvalue weighted by Gasteiger charge is -2.27. The van der Waals surface area contributed by atoms with Crippen molar-refractivity contribution in [2.45, 2.75) is 38.9 Å². The molecule has 0 bridgehead atoms. The summed E-state index contributed by atoms with van der Waals surface area (Å²) in [6.07, 6.45) is 0.939. The van der Waals surface area contributed by atoms with Gasteiger partial charge in [0.1, 0.15) is 11.5 Å². The molecule has 0 radical (unpaired) electrons. The monoisotopic (exact) mass is 670 g/mol. The van der Waals surface area contributed by atoms with E-state index in [2.05, 4.69) is 57.3 Å². The third-order valence-electron chi connectivity index (χ3n) is 4.94. The molecule has 8 heteroatoms. The Morgan fingerprint density at radius 3 is 1.44 bits per heavy atom. The van der Waals surface area contributed by atoms with Crippen molar-refractivity contribution in [1.82, 2.24) is 0 Å². The maximum atomic E-state index is 5.91. The van der Waals surface area contributed by atoms with Crippen molar-refractivity contribution in [3.8, 4) is 11.5 Å². The van der Waals surface area contributed by atoms with E-state index in [1.807, 2.05) is 38.1 Å². The minimum atomic E-state index is -0.176. The highest BCUT2D eigenvalue weighted by atomic mass is 127. The molecule has 32 heavy (non-hydrogen) atoms. The van der Waals surface area contributed by atoms with E-state index in [1.54, 1.807) is 14.2 Å². The van der Waals surface area contributed by atoms with Gasteiger partial charge in [0.15, 0.2) is 13.6 Å². The van der Waals surface area contributed by atoms with Gasteiger partial charge in [-0.25, -0.2) is 0 Å². The number of methoxy groups -OCH3 is 2. The van der Waals surface area contributed by atoms with Gasteiger partial charge in [-0.2, -0.15) is 0 Å². The summed E-state index contributed by atoms with van der Waals surface area (Å²) in [6.45, 7) is 5.54. The van der Waals surface area contributed by atoms with E-state index < -0.39 is 0 Å². The second kappa shape index (κ2) is 15.3. The Labute approximate surface area is 218 Å². The molecular weight excluding hydrogens is 638 g/mol. The quantitative estimate of drug-likeness (QED) is 0.143. The molecule has 6 nitrogen and oxygen atoms in total. The van der Waals surface area contributed by atoms with Gasteiger partial charge >= 0.3 is 0 Å². The van der Waals surface area contributed by atoms with Gasteiger partial charge in [0.25, 0.3) is 0 Å². The standard InChI is InChI=1S/C24H32I2O6/c1-5-29-15-31-23-17(9-7-11-19(23)25)13-21(27-3)22(28-4)14-18-10-8-12-20(26)24(18)32-16-30-6-2/h7-12,21-22H,5-6,13-16H2,1-4H3/t21-,22-/m1/s1. The van der Waals surface area contributed by atoms with Gasteiger partial charge < -0.3 is 28.4 Å². The molecule has 0 aliphatic carbocycles. The van der Waals surface area contributed by atoms with Gasteiger partial charge in [-0.1, -0.05) is 24.3 Å². The number of hydrogen-bond donors (Lipinski definition) is 0. The molecule has 0 N–H and O–H groups in total. The zero-order valence-corrected chi connectivity index (χ0v) is 23.4. The summed E-state index contributed by atoms with van der Waals surface area (Å²) in [5.41, 5.74) is 2.11. The molecule has 0 saturated carbocycles. The molecule has 0 fully saturated rings. The third kappa shape index (κ3) is 8.28. The lowest BCUT2D eigenvalue weighted by molar-refractivity contribution is -0.0361. The Balaban J connectivity index is 2.20. The van der Waals surface area contributed by atoms with E-state index in [1.165, 1.54) is 0 Å². The molecule has 0 aliphatic rings. The molecule has 178 valence electrons. The van der Waals surface area contributed by atoms with Crippen LogP contribution in [0.15, 0.2) is 36.4 Å². The SMILES string of the molecule is CCOCOc1c(I)cccc1C[C@@H](OC)[C@@H](Cc1cccc(I)c1OCOCC)OC. The average molecular weight is 670 g/mol. The van der Waals surface area contributed by atoms with Crippen LogP contribution in [0.25, 0.3) is 0 Å². The van der Waals surface area contributed by atoms with E-state index in [4.69, 9.17) is 28.4 Å². The summed E-state index contributed by atoms with van der Waals surface area (Å²) < 4.78 is 36.4. The number of para-hydroxylation sites is 2. The Kier molecular flexibility index (Phi) is 13.2. The van der Waals surface area contributed by atoms with Crippen molar-refractivity contribution in [1.29, 1.82) is 0 Å². The average Bonchev–Trinajstić information content (AvgIpc) is 2.79. The van der Waals surface area contributed by atoms with Gasteiger partial charge in [-0.3, -0.25) is 0 Å². The van der Waals surface area contributed by atoms with Crippen molar-refractivity contribution >= 4 is 45.2 Å². The molecule has 0 spiro atoms. The van der Waals surface area contributed by atoms with Gasteiger partial charge in [0, 0.05) is 40.3 Å². The van der Waals surface area contributed by atoms with Crippen molar-refractivity contribution in [3.05, 3.63) is 54.7 Å². The maximum absolute atomic E-state index is 5.91. The first-order chi connectivity index (χ1) is 15.5. The number of rotatable bonds is 15. The minimum absolute atomic E-state index is 0.176. The van der Waals surface area contributed by atoms with E-state index in [0.29, 0.717) is 26.1 Å². The summed E-state index contributed by atoms with van der Waals surface area (Å²) >= 11 is 4.57. The number of benzene rings is 2.